The minimum atomic E-state index is -0.292. The number of rotatable bonds is 7. The van der Waals surface area contributed by atoms with E-state index < -0.39 is 0 Å². The molecule has 1 aromatic carbocycles. The number of nitrogens with one attached hydrogen (secondary N) is 1. The van der Waals surface area contributed by atoms with Crippen molar-refractivity contribution >= 4 is 40.0 Å². The number of aromatic nitrogens is 5. The van der Waals surface area contributed by atoms with Crippen molar-refractivity contribution in [1.29, 1.82) is 0 Å². The number of carbonyl (C=O) groups excluding carboxylic acids is 1. The van der Waals surface area contributed by atoms with E-state index in [0.717, 1.165) is 37.7 Å². The number of fused-ring (bicyclic) bond motifs is 1. The summed E-state index contributed by atoms with van der Waals surface area (Å²) < 4.78 is 9.83. The number of aryl methyl sites for hydroxylation is 2. The van der Waals surface area contributed by atoms with E-state index in [1.54, 1.807) is 17.6 Å². The van der Waals surface area contributed by atoms with Crippen LogP contribution < -0.4 is 5.32 Å². The SMILES string of the molecule is CCOC(=O)Cc1cc(NCc2cccc(-c3nccn3C)c2)n2nc(C)c(I)c2n1. The molecular formula is C22H23IN6O2. The van der Waals surface area contributed by atoms with Crippen molar-refractivity contribution in [2.45, 2.75) is 26.8 Å². The molecule has 0 aliphatic heterocycles. The highest BCUT2D eigenvalue weighted by molar-refractivity contribution is 14.1. The van der Waals surface area contributed by atoms with Crippen LogP contribution in [0.3, 0.4) is 0 Å². The van der Waals surface area contributed by atoms with Gasteiger partial charge in [-0.05, 0) is 48.1 Å². The summed E-state index contributed by atoms with van der Waals surface area (Å²) >= 11 is 2.24. The number of halogens is 1. The molecule has 0 fully saturated rings. The van der Waals surface area contributed by atoms with Gasteiger partial charge >= 0.3 is 5.97 Å². The van der Waals surface area contributed by atoms with Gasteiger partial charge in [-0.1, -0.05) is 18.2 Å². The molecule has 0 aliphatic rings. The number of nitrogens with zero attached hydrogens (tertiary/aromatic N) is 5. The minimum Gasteiger partial charge on any atom is -0.466 e. The Morgan fingerprint density at radius 3 is 2.87 bits per heavy atom. The molecule has 4 aromatic rings. The molecule has 0 radical (unpaired) electrons. The predicted molar refractivity (Wildman–Crippen MR) is 127 cm³/mol. The van der Waals surface area contributed by atoms with Gasteiger partial charge in [-0.2, -0.15) is 9.61 Å². The molecule has 3 heterocycles. The number of anilines is 1. The summed E-state index contributed by atoms with van der Waals surface area (Å²) in [5, 5.41) is 8.06. The van der Waals surface area contributed by atoms with E-state index in [1.165, 1.54) is 0 Å². The number of hydrogen-bond donors (Lipinski definition) is 1. The van der Waals surface area contributed by atoms with Crippen molar-refractivity contribution in [3.05, 3.63) is 63.2 Å². The summed E-state index contributed by atoms with van der Waals surface area (Å²) in [7, 11) is 1.98. The predicted octanol–water partition coefficient (Wildman–Crippen LogP) is 3.76. The van der Waals surface area contributed by atoms with Crippen LogP contribution in [0.1, 0.15) is 23.9 Å². The van der Waals surface area contributed by atoms with Crippen LogP contribution in [0.15, 0.2) is 42.7 Å². The summed E-state index contributed by atoms with van der Waals surface area (Å²) in [5.41, 5.74) is 4.42. The zero-order chi connectivity index (χ0) is 22.0. The monoisotopic (exact) mass is 530 g/mol. The lowest BCUT2D eigenvalue weighted by atomic mass is 10.1. The molecule has 8 nitrogen and oxygen atoms in total. The maximum Gasteiger partial charge on any atom is 0.311 e. The highest BCUT2D eigenvalue weighted by atomic mass is 127. The normalized spacial score (nSPS) is 11.1. The summed E-state index contributed by atoms with van der Waals surface area (Å²) in [5.74, 6) is 1.40. The molecule has 0 spiro atoms. The quantitative estimate of drug-likeness (QED) is 0.289. The molecule has 31 heavy (non-hydrogen) atoms. The molecule has 1 N–H and O–H groups in total. The van der Waals surface area contributed by atoms with Crippen LogP contribution in [0.25, 0.3) is 17.0 Å². The van der Waals surface area contributed by atoms with Crippen LogP contribution in [0.4, 0.5) is 5.82 Å². The van der Waals surface area contributed by atoms with E-state index in [2.05, 4.69) is 55.1 Å². The molecule has 0 aliphatic carbocycles. The third kappa shape index (κ3) is 4.55. The molecule has 4 rings (SSSR count). The Balaban J connectivity index is 1.63. The van der Waals surface area contributed by atoms with E-state index in [9.17, 15) is 4.79 Å². The first-order valence-electron chi connectivity index (χ1n) is 9.97. The van der Waals surface area contributed by atoms with Crippen LogP contribution in [-0.2, 0) is 29.5 Å². The number of carbonyl (C=O) groups is 1. The minimum absolute atomic E-state index is 0.119. The standard InChI is InChI=1S/C22H23IN6O2/c1-4-31-19(30)12-17-11-18(29-22(26-17)20(23)14(2)27-29)25-13-15-6-5-7-16(10-15)21-24-8-9-28(21)3/h5-11,25H,4,12-13H2,1-3H3. The highest BCUT2D eigenvalue weighted by Gasteiger charge is 2.15. The topological polar surface area (TPSA) is 86.3 Å². The lowest BCUT2D eigenvalue weighted by Crippen LogP contribution is -2.12. The first-order valence-corrected chi connectivity index (χ1v) is 11.0. The number of ether oxygens (including phenoxy) is 1. The lowest BCUT2D eigenvalue weighted by Gasteiger charge is -2.11. The van der Waals surface area contributed by atoms with Gasteiger partial charge in [-0.15, -0.1) is 0 Å². The third-order valence-corrected chi connectivity index (χ3v) is 6.12. The Morgan fingerprint density at radius 1 is 1.29 bits per heavy atom. The van der Waals surface area contributed by atoms with Crippen molar-refractivity contribution in [2.24, 2.45) is 7.05 Å². The second-order valence-electron chi connectivity index (χ2n) is 7.17. The molecule has 0 bridgehead atoms. The maximum absolute atomic E-state index is 12.0. The van der Waals surface area contributed by atoms with Gasteiger partial charge in [-0.25, -0.2) is 9.97 Å². The fraction of sp³-hybridized carbons (Fsp3) is 0.273. The smallest absolute Gasteiger partial charge is 0.311 e. The Labute approximate surface area is 193 Å². The van der Waals surface area contributed by atoms with E-state index in [0.29, 0.717) is 18.8 Å². The fourth-order valence-corrected chi connectivity index (χ4v) is 3.84. The van der Waals surface area contributed by atoms with Gasteiger partial charge in [0.1, 0.15) is 11.6 Å². The molecule has 0 amide bonds. The summed E-state index contributed by atoms with van der Waals surface area (Å²) in [4.78, 5) is 21.1. The van der Waals surface area contributed by atoms with Crippen LogP contribution in [0.5, 0.6) is 0 Å². The van der Waals surface area contributed by atoms with Gasteiger partial charge in [-0.3, -0.25) is 4.79 Å². The number of imidazole rings is 1. The molecule has 3 aromatic heterocycles. The van der Waals surface area contributed by atoms with Gasteiger partial charge < -0.3 is 14.6 Å². The highest BCUT2D eigenvalue weighted by Crippen LogP contribution is 2.23. The molecule has 0 saturated heterocycles. The summed E-state index contributed by atoms with van der Waals surface area (Å²) in [6.45, 7) is 4.68. The zero-order valence-corrected chi connectivity index (χ0v) is 19.8. The van der Waals surface area contributed by atoms with Crippen molar-refractivity contribution < 1.29 is 9.53 Å². The average molecular weight is 530 g/mol. The average Bonchev–Trinajstić information content (AvgIpc) is 3.30. The van der Waals surface area contributed by atoms with Gasteiger partial charge in [0.05, 0.1) is 28.0 Å². The van der Waals surface area contributed by atoms with Crippen molar-refractivity contribution in [1.82, 2.24) is 24.1 Å². The molecular weight excluding hydrogens is 507 g/mol. The van der Waals surface area contributed by atoms with E-state index in [1.807, 2.05) is 42.9 Å². The van der Waals surface area contributed by atoms with Gasteiger partial charge in [0.2, 0.25) is 0 Å². The lowest BCUT2D eigenvalue weighted by molar-refractivity contribution is -0.142. The first-order chi connectivity index (χ1) is 15.0. The maximum atomic E-state index is 12.0. The fourth-order valence-electron chi connectivity index (χ4n) is 3.38. The van der Waals surface area contributed by atoms with Gasteiger partial charge in [0.15, 0.2) is 5.65 Å². The van der Waals surface area contributed by atoms with E-state index >= 15 is 0 Å². The molecule has 0 saturated carbocycles. The Kier molecular flexibility index (Phi) is 6.21. The third-order valence-electron chi connectivity index (χ3n) is 4.86. The van der Waals surface area contributed by atoms with E-state index in [4.69, 9.17) is 4.74 Å². The van der Waals surface area contributed by atoms with Crippen molar-refractivity contribution in [3.8, 4) is 11.4 Å². The number of esters is 1. The van der Waals surface area contributed by atoms with Crippen molar-refractivity contribution in [3.63, 3.8) is 0 Å². The number of hydrogen-bond acceptors (Lipinski definition) is 6. The molecule has 0 unspecified atom stereocenters. The Bertz CT molecular complexity index is 1250. The molecule has 0 atom stereocenters. The van der Waals surface area contributed by atoms with Crippen LogP contribution in [0.2, 0.25) is 0 Å². The number of benzene rings is 1. The van der Waals surface area contributed by atoms with Crippen molar-refractivity contribution in [2.75, 3.05) is 11.9 Å². The summed E-state index contributed by atoms with van der Waals surface area (Å²) in [6.07, 6.45) is 3.84. The van der Waals surface area contributed by atoms with Gasteiger partial charge in [0.25, 0.3) is 0 Å². The van der Waals surface area contributed by atoms with Gasteiger partial charge in [0, 0.05) is 37.6 Å². The van der Waals surface area contributed by atoms with Crippen LogP contribution in [0, 0.1) is 10.5 Å². The first kappa shape index (κ1) is 21.3. The largest absolute Gasteiger partial charge is 0.466 e. The summed E-state index contributed by atoms with van der Waals surface area (Å²) in [6, 6.07) is 10.1. The Morgan fingerprint density at radius 2 is 2.13 bits per heavy atom. The molecule has 160 valence electrons. The van der Waals surface area contributed by atoms with Crippen LogP contribution in [-0.4, -0.2) is 36.7 Å². The molecule has 9 heteroatoms. The second kappa shape index (κ2) is 9.04. The van der Waals surface area contributed by atoms with E-state index in [-0.39, 0.29) is 12.4 Å². The zero-order valence-electron chi connectivity index (χ0n) is 17.6. The van der Waals surface area contributed by atoms with Crippen LogP contribution >= 0.6 is 22.6 Å². The Hall–Kier alpha value is -2.95. The second-order valence-corrected chi connectivity index (χ2v) is 8.24.